The molecule has 1 aliphatic rings. The van der Waals surface area contributed by atoms with Crippen LogP contribution in [0.25, 0.3) is 0 Å². The summed E-state index contributed by atoms with van der Waals surface area (Å²) in [5.74, 6) is -1.08. The molecule has 148 valence electrons. The molecule has 0 saturated carbocycles. The van der Waals surface area contributed by atoms with Crippen LogP contribution in [0, 0.1) is 12.7 Å². The van der Waals surface area contributed by atoms with Crippen molar-refractivity contribution >= 4 is 23.2 Å². The van der Waals surface area contributed by atoms with Gasteiger partial charge >= 0.3 is 0 Å². The Hall–Kier alpha value is -3.68. The first-order valence-electron chi connectivity index (χ1n) is 9.03. The Morgan fingerprint density at radius 1 is 1.31 bits per heavy atom. The molecule has 0 aliphatic carbocycles. The molecular formula is C21H19FN4O3. The molecule has 7 nitrogen and oxygen atoms in total. The quantitative estimate of drug-likeness (QED) is 0.666. The highest BCUT2D eigenvalue weighted by Crippen LogP contribution is 2.34. The summed E-state index contributed by atoms with van der Waals surface area (Å²) >= 11 is 0. The topological polar surface area (TPSA) is 85.3 Å². The predicted molar refractivity (Wildman–Crippen MR) is 105 cm³/mol. The van der Waals surface area contributed by atoms with Gasteiger partial charge in [0.05, 0.1) is 24.1 Å². The minimum atomic E-state index is -1.73. The Labute approximate surface area is 166 Å². The summed E-state index contributed by atoms with van der Waals surface area (Å²) in [5, 5.41) is 9.55. The number of carbonyl (C=O) groups excluding carboxylic acids is 2. The van der Waals surface area contributed by atoms with E-state index < -0.39 is 17.4 Å². The lowest BCUT2D eigenvalue weighted by Gasteiger charge is -2.33. The Kier molecular flexibility index (Phi) is 4.54. The van der Waals surface area contributed by atoms with Crippen molar-refractivity contribution in [2.45, 2.75) is 26.0 Å². The molecule has 2 amide bonds. The molecule has 1 aliphatic heterocycles. The van der Waals surface area contributed by atoms with Crippen molar-refractivity contribution in [3.63, 3.8) is 0 Å². The number of aromatic nitrogens is 2. The molecule has 8 heteroatoms. The molecule has 1 aromatic heterocycles. The zero-order valence-electron chi connectivity index (χ0n) is 15.9. The van der Waals surface area contributed by atoms with Gasteiger partial charge in [-0.1, -0.05) is 18.2 Å². The lowest BCUT2D eigenvalue weighted by molar-refractivity contribution is -0.143. The van der Waals surface area contributed by atoms with Crippen LogP contribution in [0.4, 0.5) is 15.8 Å². The molecule has 1 unspecified atom stereocenters. The first kappa shape index (κ1) is 18.7. The summed E-state index contributed by atoms with van der Waals surface area (Å²) in [5.41, 5.74) is 0.903. The normalized spacial score (nSPS) is 17.8. The van der Waals surface area contributed by atoms with Crippen molar-refractivity contribution in [3.8, 4) is 5.75 Å². The Morgan fingerprint density at radius 2 is 2.14 bits per heavy atom. The first-order valence-corrected chi connectivity index (χ1v) is 9.03. The van der Waals surface area contributed by atoms with Crippen molar-refractivity contribution in [3.05, 3.63) is 71.8 Å². The van der Waals surface area contributed by atoms with Crippen molar-refractivity contribution in [2.24, 2.45) is 0 Å². The second kappa shape index (κ2) is 7.05. The minimum absolute atomic E-state index is 0.327. The molecule has 4 rings (SSSR count). The van der Waals surface area contributed by atoms with Gasteiger partial charge in [0.15, 0.2) is 0 Å². The number of anilines is 2. The van der Waals surface area contributed by atoms with E-state index in [1.54, 1.807) is 35.1 Å². The maximum absolute atomic E-state index is 13.3. The van der Waals surface area contributed by atoms with Gasteiger partial charge in [-0.3, -0.25) is 14.3 Å². The van der Waals surface area contributed by atoms with Gasteiger partial charge < -0.3 is 15.4 Å². The molecule has 2 aromatic carbocycles. The highest BCUT2D eigenvalue weighted by molar-refractivity contribution is 6.18. The van der Waals surface area contributed by atoms with Gasteiger partial charge in [0, 0.05) is 6.20 Å². The number of hydrogen-bond acceptors (Lipinski definition) is 4. The average molecular weight is 394 g/mol. The number of amides is 2. The number of hydrogen-bond donors (Lipinski definition) is 2. The molecule has 3 aromatic rings. The SMILES string of the molecule is Cc1ccc2c(c1)NC(=O)C(C)(C(=O)Nc1cnn(Cc3cccc(F)c3)c1)O2. The number of rotatable bonds is 4. The fraction of sp³-hybridized carbons (Fsp3) is 0.190. The van der Waals surface area contributed by atoms with Crippen LogP contribution in [-0.2, 0) is 16.1 Å². The summed E-state index contributed by atoms with van der Waals surface area (Å²) in [6.45, 7) is 3.65. The summed E-state index contributed by atoms with van der Waals surface area (Å²) in [7, 11) is 0. The molecule has 2 heterocycles. The van der Waals surface area contributed by atoms with E-state index in [0.29, 0.717) is 23.7 Å². The third kappa shape index (κ3) is 3.69. The van der Waals surface area contributed by atoms with Crippen LogP contribution in [0.2, 0.25) is 0 Å². The number of fused-ring (bicyclic) bond motifs is 1. The fourth-order valence-corrected chi connectivity index (χ4v) is 3.08. The zero-order valence-corrected chi connectivity index (χ0v) is 15.9. The molecule has 0 bridgehead atoms. The van der Waals surface area contributed by atoms with Crippen molar-refractivity contribution in [1.82, 2.24) is 9.78 Å². The van der Waals surface area contributed by atoms with E-state index in [0.717, 1.165) is 11.1 Å². The van der Waals surface area contributed by atoms with Gasteiger partial charge in [0.25, 0.3) is 17.4 Å². The number of nitrogens with one attached hydrogen (secondary N) is 2. The van der Waals surface area contributed by atoms with E-state index >= 15 is 0 Å². The third-order valence-corrected chi connectivity index (χ3v) is 4.69. The predicted octanol–water partition coefficient (Wildman–Crippen LogP) is 3.11. The van der Waals surface area contributed by atoms with Gasteiger partial charge in [-0.25, -0.2) is 4.39 Å². The molecule has 0 radical (unpaired) electrons. The lowest BCUT2D eigenvalue weighted by Crippen LogP contribution is -2.56. The number of nitrogens with zero attached hydrogens (tertiary/aromatic N) is 2. The van der Waals surface area contributed by atoms with Gasteiger partial charge in [-0.2, -0.15) is 5.10 Å². The molecule has 0 fully saturated rings. The summed E-state index contributed by atoms with van der Waals surface area (Å²) in [6, 6.07) is 11.5. The van der Waals surface area contributed by atoms with Gasteiger partial charge in [-0.05, 0) is 49.2 Å². The monoisotopic (exact) mass is 394 g/mol. The van der Waals surface area contributed by atoms with E-state index in [-0.39, 0.29) is 5.82 Å². The van der Waals surface area contributed by atoms with Crippen LogP contribution < -0.4 is 15.4 Å². The molecule has 0 spiro atoms. The maximum Gasteiger partial charge on any atom is 0.278 e. The molecule has 0 saturated heterocycles. The van der Waals surface area contributed by atoms with E-state index in [9.17, 15) is 14.0 Å². The van der Waals surface area contributed by atoms with E-state index in [1.807, 2.05) is 13.0 Å². The van der Waals surface area contributed by atoms with Crippen molar-refractivity contribution in [2.75, 3.05) is 10.6 Å². The van der Waals surface area contributed by atoms with Crippen molar-refractivity contribution < 1.29 is 18.7 Å². The second-order valence-corrected chi connectivity index (χ2v) is 7.10. The van der Waals surface area contributed by atoms with Crippen molar-refractivity contribution in [1.29, 1.82) is 0 Å². The first-order chi connectivity index (χ1) is 13.8. The minimum Gasteiger partial charge on any atom is -0.466 e. The average Bonchev–Trinajstić information content (AvgIpc) is 3.10. The number of halogens is 1. The lowest BCUT2D eigenvalue weighted by atomic mass is 10.0. The van der Waals surface area contributed by atoms with Gasteiger partial charge in [0.2, 0.25) is 0 Å². The number of benzene rings is 2. The largest absolute Gasteiger partial charge is 0.466 e. The zero-order chi connectivity index (χ0) is 20.6. The maximum atomic E-state index is 13.3. The summed E-state index contributed by atoms with van der Waals surface area (Å²) in [4.78, 5) is 25.4. The van der Waals surface area contributed by atoms with Crippen LogP contribution in [0.3, 0.4) is 0 Å². The summed E-state index contributed by atoms with van der Waals surface area (Å²) < 4.78 is 20.6. The Morgan fingerprint density at radius 3 is 2.93 bits per heavy atom. The number of aryl methyl sites for hydroxylation is 1. The third-order valence-electron chi connectivity index (χ3n) is 4.69. The second-order valence-electron chi connectivity index (χ2n) is 7.10. The van der Waals surface area contributed by atoms with Crippen LogP contribution in [0.5, 0.6) is 5.75 Å². The molecular weight excluding hydrogens is 375 g/mol. The highest BCUT2D eigenvalue weighted by Gasteiger charge is 2.47. The summed E-state index contributed by atoms with van der Waals surface area (Å²) in [6.07, 6.45) is 3.06. The van der Waals surface area contributed by atoms with Gasteiger partial charge in [-0.15, -0.1) is 0 Å². The highest BCUT2D eigenvalue weighted by atomic mass is 19.1. The molecule has 29 heavy (non-hydrogen) atoms. The molecule has 1 atom stereocenters. The van der Waals surface area contributed by atoms with Crippen LogP contribution in [0.1, 0.15) is 18.1 Å². The van der Waals surface area contributed by atoms with E-state index in [4.69, 9.17) is 4.74 Å². The number of ether oxygens (including phenoxy) is 1. The Balaban J connectivity index is 1.48. The standard InChI is InChI=1S/C21H19FN4O3/c1-13-6-7-18-17(8-13)25-20(28)21(2,29-18)19(27)24-16-10-23-26(12-16)11-14-4-3-5-15(22)9-14/h3-10,12H,11H2,1-2H3,(H,24,27)(H,25,28). The molecule has 2 N–H and O–H groups in total. The Bertz CT molecular complexity index is 1110. The van der Waals surface area contributed by atoms with E-state index in [2.05, 4.69) is 15.7 Å². The van der Waals surface area contributed by atoms with Crippen LogP contribution >= 0.6 is 0 Å². The van der Waals surface area contributed by atoms with Crippen LogP contribution in [0.15, 0.2) is 54.9 Å². The van der Waals surface area contributed by atoms with E-state index in [1.165, 1.54) is 25.3 Å². The van der Waals surface area contributed by atoms with Crippen LogP contribution in [-0.4, -0.2) is 27.2 Å². The van der Waals surface area contributed by atoms with Gasteiger partial charge in [0.1, 0.15) is 11.6 Å². The fourth-order valence-electron chi connectivity index (χ4n) is 3.08. The number of carbonyl (C=O) groups is 2. The smallest absolute Gasteiger partial charge is 0.278 e.